The predicted octanol–water partition coefficient (Wildman–Crippen LogP) is 13.9. The maximum Gasteiger partial charge on any atom is 0.235 e. The Morgan fingerprint density at radius 1 is 0.304 bits per heavy atom. The van der Waals surface area contributed by atoms with Crippen LogP contribution in [0.15, 0.2) is 192 Å². The van der Waals surface area contributed by atoms with Gasteiger partial charge in [-0.15, -0.1) is 0 Å². The molecule has 0 aliphatic rings. The highest BCUT2D eigenvalue weighted by Gasteiger charge is 2.20. The summed E-state index contributed by atoms with van der Waals surface area (Å²) in [5.41, 5.74) is 10.1. The minimum Gasteiger partial charge on any atom is -0.456 e. The molecule has 0 N–H and O–H groups in total. The van der Waals surface area contributed by atoms with Crippen LogP contribution in [-0.2, 0) is 0 Å². The first-order chi connectivity index (χ1) is 27.7. The van der Waals surface area contributed by atoms with Crippen LogP contribution in [0.2, 0.25) is 0 Å². The number of hydrogen-bond acceptors (Lipinski definition) is 3. The zero-order valence-corrected chi connectivity index (χ0v) is 30.1. The van der Waals surface area contributed by atoms with Crippen molar-refractivity contribution in [3.05, 3.63) is 188 Å². The van der Waals surface area contributed by atoms with E-state index in [1.54, 1.807) is 0 Å². The smallest absolute Gasteiger partial charge is 0.235 e. The van der Waals surface area contributed by atoms with Crippen LogP contribution >= 0.6 is 0 Å². The third kappa shape index (κ3) is 4.66. The quantitative estimate of drug-likeness (QED) is 0.171. The van der Waals surface area contributed by atoms with Gasteiger partial charge in [0, 0.05) is 32.7 Å². The van der Waals surface area contributed by atoms with Gasteiger partial charge in [-0.25, -0.2) is 9.97 Å². The van der Waals surface area contributed by atoms with E-state index < -0.39 is 0 Å². The molecule has 0 amide bonds. The zero-order valence-electron chi connectivity index (χ0n) is 30.1. The second-order valence-electron chi connectivity index (χ2n) is 14.6. The Labute approximate surface area is 321 Å². The van der Waals surface area contributed by atoms with Gasteiger partial charge in [-0.1, -0.05) is 140 Å². The highest BCUT2D eigenvalue weighted by molar-refractivity contribution is 6.29. The number of hydrogen-bond donors (Lipinski definition) is 0. The van der Waals surface area contributed by atoms with E-state index in [1.165, 1.54) is 37.7 Å². The summed E-state index contributed by atoms with van der Waals surface area (Å²) in [7, 11) is 0. The fourth-order valence-corrected chi connectivity index (χ4v) is 8.76. The lowest BCUT2D eigenvalue weighted by molar-refractivity contribution is 0.669. The Morgan fingerprint density at radius 2 is 0.821 bits per heavy atom. The summed E-state index contributed by atoms with van der Waals surface area (Å²) < 4.78 is 8.54. The van der Waals surface area contributed by atoms with E-state index in [1.807, 2.05) is 24.3 Å². The number of aromatic nitrogens is 3. The van der Waals surface area contributed by atoms with Crippen molar-refractivity contribution in [3.8, 4) is 39.6 Å². The Kier molecular flexibility index (Phi) is 6.60. The molecular weight excluding hydrogens is 683 g/mol. The second kappa shape index (κ2) is 12.0. The van der Waals surface area contributed by atoms with E-state index in [0.29, 0.717) is 5.95 Å². The van der Waals surface area contributed by atoms with E-state index in [2.05, 4.69) is 168 Å². The molecule has 0 aliphatic heterocycles. The predicted molar refractivity (Wildman–Crippen MR) is 232 cm³/mol. The van der Waals surface area contributed by atoms with Gasteiger partial charge in [-0.3, -0.25) is 4.57 Å². The van der Waals surface area contributed by atoms with Crippen LogP contribution in [-0.4, -0.2) is 14.5 Å². The molecule has 0 radical (unpaired) electrons. The number of furan rings is 1. The van der Waals surface area contributed by atoms with Gasteiger partial charge in [0.05, 0.1) is 22.4 Å². The van der Waals surface area contributed by atoms with Gasteiger partial charge in [-0.05, 0) is 92.0 Å². The molecule has 4 nitrogen and oxygen atoms in total. The SMILES string of the molecule is c1ccc(-c2cc(-c3ccccc3)nc(-n3c4ccccc4c4cc5c6ccc(-c7ccc8c(c7)oc7ccccc78)cc6c6ccccc6c5cc43)n2)cc1. The summed E-state index contributed by atoms with van der Waals surface area (Å²) in [5.74, 6) is 0.645. The van der Waals surface area contributed by atoms with Crippen LogP contribution in [0.5, 0.6) is 0 Å². The summed E-state index contributed by atoms with van der Waals surface area (Å²) in [5, 5.41) is 11.9. The molecule has 4 heteroatoms. The normalized spacial score (nSPS) is 11.9. The van der Waals surface area contributed by atoms with Crippen molar-refractivity contribution in [3.63, 3.8) is 0 Å². The number of rotatable bonds is 4. The summed E-state index contributed by atoms with van der Waals surface area (Å²) in [6.45, 7) is 0. The summed E-state index contributed by atoms with van der Waals surface area (Å²) in [6, 6.07) is 66.7. The summed E-state index contributed by atoms with van der Waals surface area (Å²) in [6.07, 6.45) is 0. The molecule has 0 saturated heterocycles. The molecule has 0 spiro atoms. The number of fused-ring (bicyclic) bond motifs is 12. The van der Waals surface area contributed by atoms with Gasteiger partial charge in [0.25, 0.3) is 0 Å². The maximum atomic E-state index is 6.29. The molecule has 0 fully saturated rings. The lowest BCUT2D eigenvalue weighted by Crippen LogP contribution is -2.04. The summed E-state index contributed by atoms with van der Waals surface area (Å²) in [4.78, 5) is 10.6. The van der Waals surface area contributed by atoms with E-state index in [9.17, 15) is 0 Å². The molecule has 0 bridgehead atoms. The molecule has 260 valence electrons. The minimum absolute atomic E-state index is 0.645. The van der Waals surface area contributed by atoms with Crippen molar-refractivity contribution in [2.24, 2.45) is 0 Å². The molecule has 0 atom stereocenters. The van der Waals surface area contributed by atoms with Gasteiger partial charge in [0.2, 0.25) is 5.95 Å². The summed E-state index contributed by atoms with van der Waals surface area (Å²) >= 11 is 0. The first-order valence-corrected chi connectivity index (χ1v) is 19.0. The molecule has 3 aromatic heterocycles. The fourth-order valence-electron chi connectivity index (χ4n) is 8.76. The molecule has 0 unspecified atom stereocenters. The lowest BCUT2D eigenvalue weighted by atomic mass is 9.91. The Bertz CT molecular complexity index is 3470. The van der Waals surface area contributed by atoms with E-state index in [4.69, 9.17) is 14.4 Å². The maximum absolute atomic E-state index is 6.29. The number of para-hydroxylation sites is 2. The third-order valence-electron chi connectivity index (χ3n) is 11.4. The topological polar surface area (TPSA) is 43.9 Å². The van der Waals surface area contributed by atoms with Crippen LogP contribution in [0.3, 0.4) is 0 Å². The molecule has 0 saturated carbocycles. The second-order valence-corrected chi connectivity index (χ2v) is 14.6. The molecule has 3 heterocycles. The van der Waals surface area contributed by atoms with Gasteiger partial charge < -0.3 is 4.42 Å². The number of benzene rings is 9. The van der Waals surface area contributed by atoms with Crippen molar-refractivity contribution < 1.29 is 4.42 Å². The largest absolute Gasteiger partial charge is 0.456 e. The monoisotopic (exact) mass is 713 g/mol. The van der Waals surface area contributed by atoms with Crippen molar-refractivity contribution >= 4 is 76.1 Å². The fraction of sp³-hybridized carbons (Fsp3) is 0. The van der Waals surface area contributed by atoms with Crippen LogP contribution in [0.25, 0.3) is 116 Å². The van der Waals surface area contributed by atoms with Crippen LogP contribution < -0.4 is 0 Å². The first kappa shape index (κ1) is 30.9. The molecular formula is C52H31N3O. The van der Waals surface area contributed by atoms with Crippen LogP contribution in [0.1, 0.15) is 0 Å². The Morgan fingerprint density at radius 3 is 1.54 bits per heavy atom. The number of nitrogens with zero attached hydrogens (tertiary/aromatic N) is 3. The Balaban J connectivity index is 1.12. The van der Waals surface area contributed by atoms with Crippen molar-refractivity contribution in [1.29, 1.82) is 0 Å². The van der Waals surface area contributed by atoms with Crippen molar-refractivity contribution in [1.82, 2.24) is 14.5 Å². The van der Waals surface area contributed by atoms with Crippen LogP contribution in [0.4, 0.5) is 0 Å². The van der Waals surface area contributed by atoms with Crippen LogP contribution in [0, 0.1) is 0 Å². The van der Waals surface area contributed by atoms with Gasteiger partial charge in [-0.2, -0.15) is 0 Å². The molecule has 12 rings (SSSR count). The van der Waals surface area contributed by atoms with Gasteiger partial charge in [0.1, 0.15) is 11.2 Å². The average Bonchev–Trinajstić information content (AvgIpc) is 3.81. The van der Waals surface area contributed by atoms with E-state index in [-0.39, 0.29) is 0 Å². The van der Waals surface area contributed by atoms with Gasteiger partial charge in [0.15, 0.2) is 0 Å². The zero-order chi connectivity index (χ0) is 36.7. The Hall–Kier alpha value is -7.56. The molecule has 0 aliphatic carbocycles. The lowest BCUT2D eigenvalue weighted by Gasteiger charge is -2.14. The van der Waals surface area contributed by atoms with E-state index in [0.717, 1.165) is 72.0 Å². The standard InChI is InChI=1S/C52H31N3O/c1-3-13-32(14-4-1)46-31-47(33-15-5-2-6-16-33)54-52(53-46)55-48-21-11-9-19-39(48)45-29-43-38-25-23-34(27-42(38)36-17-7-8-18-37(36)44(43)30-49(45)55)35-24-26-41-40-20-10-12-22-50(40)56-51(41)28-35/h1-31H. The van der Waals surface area contributed by atoms with Gasteiger partial charge >= 0.3 is 0 Å². The third-order valence-corrected chi connectivity index (χ3v) is 11.4. The van der Waals surface area contributed by atoms with Crippen molar-refractivity contribution in [2.45, 2.75) is 0 Å². The highest BCUT2D eigenvalue weighted by Crippen LogP contribution is 2.42. The highest BCUT2D eigenvalue weighted by atomic mass is 16.3. The molecule has 56 heavy (non-hydrogen) atoms. The minimum atomic E-state index is 0.645. The first-order valence-electron chi connectivity index (χ1n) is 19.0. The average molecular weight is 714 g/mol. The molecule has 9 aromatic carbocycles. The molecule has 12 aromatic rings. The van der Waals surface area contributed by atoms with Crippen molar-refractivity contribution in [2.75, 3.05) is 0 Å². The van der Waals surface area contributed by atoms with E-state index >= 15 is 0 Å².